The van der Waals surface area contributed by atoms with Gasteiger partial charge in [-0.3, -0.25) is 0 Å². The van der Waals surface area contributed by atoms with Gasteiger partial charge in [-0.2, -0.15) is 0 Å². The number of carboxylic acid groups (broad SMARTS) is 2. The Morgan fingerprint density at radius 2 is 0.758 bits per heavy atom. The second-order valence-electron chi connectivity index (χ2n) is 9.50. The zero-order valence-electron chi connectivity index (χ0n) is 22.6. The fourth-order valence-electron chi connectivity index (χ4n) is 3.16. The van der Waals surface area contributed by atoms with Crippen molar-refractivity contribution in [1.82, 2.24) is 0 Å². The Kier molecular flexibility index (Phi) is 38.3. The first kappa shape index (κ1) is 37.3. The van der Waals surface area contributed by atoms with E-state index in [-0.39, 0.29) is 12.8 Å². The molecule has 195 valence electrons. The molecule has 0 unspecified atom stereocenters. The number of carboxylic acids is 2. The SMILES string of the molecule is CC(C)[CH2][Sn+2].CCCCCCCCCCCC(=O)[O-].CCCCCCCCCCCC(=O)[O-]. The minimum absolute atomic E-state index is 0.232. The number of carbonyl (C=O) groups is 2. The largest absolute Gasteiger partial charge is 0.550 e. The average Bonchev–Trinajstić information content (AvgIpc) is 2.77. The zero-order valence-corrected chi connectivity index (χ0v) is 25.4. The number of carbonyl (C=O) groups excluding carboxylic acids is 2. The van der Waals surface area contributed by atoms with Crippen LogP contribution in [-0.2, 0) is 9.59 Å². The van der Waals surface area contributed by atoms with Crippen LogP contribution in [0.1, 0.15) is 156 Å². The van der Waals surface area contributed by atoms with E-state index in [1.54, 1.807) is 22.5 Å². The van der Waals surface area contributed by atoms with E-state index in [9.17, 15) is 19.8 Å². The molecule has 33 heavy (non-hydrogen) atoms. The van der Waals surface area contributed by atoms with Gasteiger partial charge in [0.2, 0.25) is 0 Å². The minimum atomic E-state index is -0.909. The van der Waals surface area contributed by atoms with Crippen LogP contribution in [0.2, 0.25) is 4.44 Å². The molecule has 0 aromatic rings. The number of hydrogen-bond acceptors (Lipinski definition) is 4. The van der Waals surface area contributed by atoms with Gasteiger partial charge in [-0.25, -0.2) is 0 Å². The Balaban J connectivity index is -0.000000453. The van der Waals surface area contributed by atoms with Crippen LogP contribution in [-0.4, -0.2) is 34.5 Å². The van der Waals surface area contributed by atoms with Crippen molar-refractivity contribution in [3.63, 3.8) is 0 Å². The van der Waals surface area contributed by atoms with Crippen LogP contribution in [0.25, 0.3) is 0 Å². The summed E-state index contributed by atoms with van der Waals surface area (Å²) in [6, 6.07) is 0. The van der Waals surface area contributed by atoms with Crippen LogP contribution >= 0.6 is 0 Å². The Labute approximate surface area is 220 Å². The van der Waals surface area contributed by atoms with Gasteiger partial charge in [0.25, 0.3) is 0 Å². The monoisotopic (exact) mass is 575 g/mol. The summed E-state index contributed by atoms with van der Waals surface area (Å²) in [6.07, 6.45) is 22.3. The summed E-state index contributed by atoms with van der Waals surface area (Å²) in [5.41, 5.74) is 0. The summed E-state index contributed by atoms with van der Waals surface area (Å²) in [7, 11) is 0. The van der Waals surface area contributed by atoms with Gasteiger partial charge in [-0.15, -0.1) is 0 Å². The molecule has 0 rings (SSSR count). The van der Waals surface area contributed by atoms with Crippen molar-refractivity contribution in [3.05, 3.63) is 0 Å². The summed E-state index contributed by atoms with van der Waals surface area (Å²) >= 11 is 1.66. The third-order valence-electron chi connectivity index (χ3n) is 5.38. The maximum absolute atomic E-state index is 10.1. The molecule has 0 aliphatic heterocycles. The summed E-state index contributed by atoms with van der Waals surface area (Å²) in [5.74, 6) is -0.894. The normalized spacial score (nSPS) is 10.2. The molecular weight excluding hydrogens is 519 g/mol. The topological polar surface area (TPSA) is 80.3 Å². The fourth-order valence-corrected chi connectivity index (χ4v) is 3.16. The molecule has 0 aliphatic rings. The van der Waals surface area contributed by atoms with E-state index in [0.29, 0.717) is 0 Å². The van der Waals surface area contributed by atoms with E-state index in [0.717, 1.165) is 31.6 Å². The number of rotatable bonds is 21. The van der Waals surface area contributed by atoms with Crippen molar-refractivity contribution in [3.8, 4) is 0 Å². The van der Waals surface area contributed by atoms with Gasteiger partial charge in [0, 0.05) is 11.9 Å². The van der Waals surface area contributed by atoms with Gasteiger partial charge in [0.05, 0.1) is 0 Å². The Bertz CT molecular complexity index is 354. The Hall–Kier alpha value is -0.261. The molecule has 0 amide bonds. The molecule has 1 radical (unpaired) electrons. The van der Waals surface area contributed by atoms with Crippen molar-refractivity contribution in [2.75, 3.05) is 0 Å². The molecule has 0 spiro atoms. The number of hydrogen-bond donors (Lipinski definition) is 0. The Morgan fingerprint density at radius 1 is 0.545 bits per heavy atom. The molecule has 0 aromatic heterocycles. The van der Waals surface area contributed by atoms with Gasteiger partial charge in [0.1, 0.15) is 0 Å². The van der Waals surface area contributed by atoms with Gasteiger partial charge >= 0.3 is 46.7 Å². The van der Waals surface area contributed by atoms with E-state index < -0.39 is 11.9 Å². The van der Waals surface area contributed by atoms with E-state index in [1.807, 2.05) is 0 Å². The maximum Gasteiger partial charge on any atom is 0.0414 e. The van der Waals surface area contributed by atoms with Crippen LogP contribution < -0.4 is 10.2 Å². The van der Waals surface area contributed by atoms with E-state index in [4.69, 9.17) is 0 Å². The second kappa shape index (κ2) is 33.9. The van der Waals surface area contributed by atoms with Gasteiger partial charge in [-0.05, 0) is 25.7 Å². The molecule has 0 aromatic carbocycles. The number of aliphatic carboxylic acids is 2. The van der Waals surface area contributed by atoms with E-state index in [2.05, 4.69) is 27.7 Å². The Morgan fingerprint density at radius 3 is 0.939 bits per heavy atom. The zero-order chi connectivity index (χ0) is 25.6. The summed E-state index contributed by atoms with van der Waals surface area (Å²) in [4.78, 5) is 20.2. The summed E-state index contributed by atoms with van der Waals surface area (Å²) in [6.45, 7) is 8.93. The van der Waals surface area contributed by atoms with Crippen molar-refractivity contribution in [1.29, 1.82) is 0 Å². The molecular formula is C28H55O4Sn. The molecule has 0 atom stereocenters. The van der Waals surface area contributed by atoms with Crippen molar-refractivity contribution in [2.45, 2.75) is 161 Å². The van der Waals surface area contributed by atoms with Crippen LogP contribution in [0.5, 0.6) is 0 Å². The van der Waals surface area contributed by atoms with Crippen LogP contribution in [0.3, 0.4) is 0 Å². The predicted octanol–water partition coefficient (Wildman–Crippen LogP) is 6.54. The molecule has 0 saturated heterocycles. The molecule has 0 N–H and O–H groups in total. The first-order valence-corrected chi connectivity index (χ1v) is 15.9. The van der Waals surface area contributed by atoms with Gasteiger partial charge in [-0.1, -0.05) is 117 Å². The van der Waals surface area contributed by atoms with E-state index in [1.165, 1.54) is 94.3 Å². The van der Waals surface area contributed by atoms with Crippen molar-refractivity contribution < 1.29 is 19.8 Å². The molecule has 4 nitrogen and oxygen atoms in total. The predicted molar refractivity (Wildman–Crippen MR) is 139 cm³/mol. The molecule has 0 heterocycles. The first-order chi connectivity index (χ1) is 15.8. The van der Waals surface area contributed by atoms with Crippen LogP contribution in [0, 0.1) is 5.92 Å². The summed E-state index contributed by atoms with van der Waals surface area (Å²) < 4.78 is 1.40. The molecule has 5 heteroatoms. The van der Waals surface area contributed by atoms with Crippen LogP contribution in [0.15, 0.2) is 0 Å². The van der Waals surface area contributed by atoms with Crippen LogP contribution in [0.4, 0.5) is 0 Å². The fraction of sp³-hybridized carbons (Fsp3) is 0.929. The van der Waals surface area contributed by atoms with Crippen molar-refractivity contribution >= 4 is 34.5 Å². The second-order valence-corrected chi connectivity index (χ2v) is 10.7. The maximum atomic E-state index is 10.1. The minimum Gasteiger partial charge on any atom is -0.550 e. The third kappa shape index (κ3) is 49.8. The standard InChI is InChI=1S/2C12H24O2.C4H9.Sn/c2*1-2-3-4-5-6-7-8-9-10-11-12(13)14;1-4(2)3;/h2*2-11H2,1H3,(H,13,14);4H,1H2,2-3H3;/q;;;+2/p-2. The quantitative estimate of drug-likeness (QED) is 0.115. The van der Waals surface area contributed by atoms with Gasteiger partial charge in [0.15, 0.2) is 0 Å². The smallest absolute Gasteiger partial charge is 0.0414 e. The number of unbranched alkanes of at least 4 members (excludes halogenated alkanes) is 16. The third-order valence-corrected chi connectivity index (χ3v) is 7.71. The first-order valence-electron chi connectivity index (χ1n) is 13.9. The molecule has 0 fully saturated rings. The average molecular weight is 574 g/mol. The van der Waals surface area contributed by atoms with E-state index >= 15 is 0 Å². The van der Waals surface area contributed by atoms with Crippen molar-refractivity contribution in [2.24, 2.45) is 5.92 Å². The molecule has 0 saturated carbocycles. The molecule has 0 bridgehead atoms. The molecule has 0 aliphatic carbocycles. The van der Waals surface area contributed by atoms with Gasteiger partial charge < -0.3 is 19.8 Å². The summed E-state index contributed by atoms with van der Waals surface area (Å²) in [5, 5.41) is 20.2.